The number of amides is 1. The molecule has 6 heteroatoms. The van der Waals surface area contributed by atoms with Crippen LogP contribution in [0.3, 0.4) is 0 Å². The molecule has 1 aliphatic carbocycles. The van der Waals surface area contributed by atoms with Crippen LogP contribution in [0.2, 0.25) is 0 Å². The molecule has 1 aliphatic rings. The van der Waals surface area contributed by atoms with Crippen LogP contribution in [0.15, 0.2) is 18.2 Å². The predicted octanol–water partition coefficient (Wildman–Crippen LogP) is 1.94. The first-order valence-corrected chi connectivity index (χ1v) is 6.73. The molecular formula is C14H18N2O4. The molecule has 108 valence electrons. The number of rotatable bonds is 3. The van der Waals surface area contributed by atoms with Crippen molar-refractivity contribution in [2.75, 3.05) is 0 Å². The highest BCUT2D eigenvalue weighted by Crippen LogP contribution is 2.21. The number of hydrogen-bond donors (Lipinski definition) is 2. The molecule has 0 radical (unpaired) electrons. The smallest absolute Gasteiger partial charge is 0.273 e. The van der Waals surface area contributed by atoms with E-state index in [9.17, 15) is 20.0 Å². The molecular weight excluding hydrogens is 260 g/mol. The van der Waals surface area contributed by atoms with Crippen LogP contribution < -0.4 is 5.32 Å². The van der Waals surface area contributed by atoms with Crippen molar-refractivity contribution in [3.8, 4) is 0 Å². The third kappa shape index (κ3) is 3.14. The van der Waals surface area contributed by atoms with Crippen LogP contribution in [0.5, 0.6) is 0 Å². The summed E-state index contributed by atoms with van der Waals surface area (Å²) in [6.45, 7) is 1.63. The van der Waals surface area contributed by atoms with Crippen LogP contribution >= 0.6 is 0 Å². The molecule has 1 saturated carbocycles. The Hall–Kier alpha value is -1.95. The Kier molecular flexibility index (Phi) is 4.34. The topological polar surface area (TPSA) is 92.5 Å². The summed E-state index contributed by atoms with van der Waals surface area (Å²) in [5, 5.41) is 23.5. The van der Waals surface area contributed by atoms with Crippen LogP contribution in [0.4, 0.5) is 5.69 Å². The number of nitrogens with one attached hydrogen (secondary N) is 1. The van der Waals surface area contributed by atoms with Crippen molar-refractivity contribution in [1.29, 1.82) is 0 Å². The molecule has 2 atom stereocenters. The van der Waals surface area contributed by atoms with Gasteiger partial charge in [0.25, 0.3) is 11.6 Å². The molecule has 1 fully saturated rings. The van der Waals surface area contributed by atoms with E-state index in [1.807, 2.05) is 0 Å². The number of aryl methyl sites for hydroxylation is 1. The minimum absolute atomic E-state index is 0.0677. The normalized spacial score (nSPS) is 22.3. The fraction of sp³-hybridized carbons (Fsp3) is 0.500. The molecule has 1 aromatic rings. The molecule has 0 aliphatic heterocycles. The average molecular weight is 278 g/mol. The van der Waals surface area contributed by atoms with Crippen molar-refractivity contribution < 1.29 is 14.8 Å². The molecule has 6 nitrogen and oxygen atoms in total. The van der Waals surface area contributed by atoms with Crippen molar-refractivity contribution in [3.63, 3.8) is 0 Å². The minimum Gasteiger partial charge on any atom is -0.391 e. The maximum Gasteiger partial charge on any atom is 0.273 e. The molecule has 0 aromatic heterocycles. The lowest BCUT2D eigenvalue weighted by Crippen LogP contribution is -2.45. The van der Waals surface area contributed by atoms with E-state index in [1.165, 1.54) is 6.07 Å². The maximum atomic E-state index is 12.1. The van der Waals surface area contributed by atoms with Crippen LogP contribution in [0.25, 0.3) is 0 Å². The Bertz CT molecular complexity index is 530. The van der Waals surface area contributed by atoms with E-state index in [4.69, 9.17) is 0 Å². The van der Waals surface area contributed by atoms with E-state index < -0.39 is 11.0 Å². The van der Waals surface area contributed by atoms with Gasteiger partial charge in [-0.15, -0.1) is 0 Å². The fourth-order valence-electron chi connectivity index (χ4n) is 2.48. The van der Waals surface area contributed by atoms with Crippen molar-refractivity contribution in [2.45, 2.75) is 44.8 Å². The first-order valence-electron chi connectivity index (χ1n) is 6.73. The van der Waals surface area contributed by atoms with Crippen molar-refractivity contribution in [2.24, 2.45) is 0 Å². The van der Waals surface area contributed by atoms with Gasteiger partial charge in [0.05, 0.1) is 17.1 Å². The monoisotopic (exact) mass is 278 g/mol. The zero-order chi connectivity index (χ0) is 14.7. The average Bonchev–Trinajstić information content (AvgIpc) is 2.41. The highest BCUT2D eigenvalue weighted by molar-refractivity contribution is 5.95. The standard InChI is InChI=1S/C14H18N2O4/c1-9-6-7-10(8-12(9)16(19)20)14(18)15-11-4-2-3-5-13(11)17/h6-8,11,13,17H,2-5H2,1H3,(H,15,18). The van der Waals surface area contributed by atoms with Gasteiger partial charge in [-0.1, -0.05) is 18.9 Å². The maximum absolute atomic E-state index is 12.1. The molecule has 2 unspecified atom stereocenters. The number of aliphatic hydroxyl groups is 1. The first-order chi connectivity index (χ1) is 9.49. The molecule has 0 spiro atoms. The summed E-state index contributed by atoms with van der Waals surface area (Å²) in [5.41, 5.74) is 0.700. The quantitative estimate of drug-likeness (QED) is 0.652. The van der Waals surface area contributed by atoms with Gasteiger partial charge < -0.3 is 10.4 Å². The predicted molar refractivity (Wildman–Crippen MR) is 73.6 cm³/mol. The second-order valence-electron chi connectivity index (χ2n) is 5.19. The first kappa shape index (κ1) is 14.5. The Balaban J connectivity index is 2.13. The third-order valence-corrected chi connectivity index (χ3v) is 3.71. The lowest BCUT2D eigenvalue weighted by molar-refractivity contribution is -0.385. The van der Waals surface area contributed by atoms with Gasteiger partial charge in [0.2, 0.25) is 0 Å². The molecule has 2 rings (SSSR count). The summed E-state index contributed by atoms with van der Waals surface area (Å²) < 4.78 is 0. The van der Waals surface area contributed by atoms with Crippen molar-refractivity contribution in [3.05, 3.63) is 39.4 Å². The summed E-state index contributed by atoms with van der Waals surface area (Å²) in [6.07, 6.45) is 2.81. The molecule has 0 bridgehead atoms. The van der Waals surface area contributed by atoms with Gasteiger partial charge in [-0.25, -0.2) is 0 Å². The number of nitro benzene ring substituents is 1. The Morgan fingerprint density at radius 1 is 1.40 bits per heavy atom. The number of benzene rings is 1. The lowest BCUT2D eigenvalue weighted by Gasteiger charge is -2.28. The number of carbonyl (C=O) groups excluding carboxylic acids is 1. The van der Waals surface area contributed by atoms with E-state index in [0.29, 0.717) is 12.0 Å². The molecule has 0 heterocycles. The molecule has 1 amide bonds. The van der Waals surface area contributed by atoms with E-state index in [0.717, 1.165) is 19.3 Å². The molecule has 0 saturated heterocycles. The molecule has 2 N–H and O–H groups in total. The summed E-state index contributed by atoms with van der Waals surface area (Å²) >= 11 is 0. The van der Waals surface area contributed by atoms with Gasteiger partial charge in [0.15, 0.2) is 0 Å². The van der Waals surface area contributed by atoms with Crippen LogP contribution in [-0.4, -0.2) is 28.1 Å². The van der Waals surface area contributed by atoms with Gasteiger partial charge in [-0.3, -0.25) is 14.9 Å². The summed E-state index contributed by atoms with van der Waals surface area (Å²) in [6, 6.07) is 4.13. The number of hydrogen-bond acceptors (Lipinski definition) is 4. The summed E-state index contributed by atoms with van der Waals surface area (Å²) in [4.78, 5) is 22.5. The van der Waals surface area contributed by atoms with Crippen molar-refractivity contribution >= 4 is 11.6 Å². The number of nitro groups is 1. The summed E-state index contributed by atoms with van der Waals surface area (Å²) in [7, 11) is 0. The number of carbonyl (C=O) groups is 1. The van der Waals surface area contributed by atoms with Crippen LogP contribution in [0, 0.1) is 17.0 Å². The Labute approximate surface area is 117 Å². The number of aliphatic hydroxyl groups excluding tert-OH is 1. The Morgan fingerprint density at radius 3 is 2.75 bits per heavy atom. The van der Waals surface area contributed by atoms with E-state index >= 15 is 0 Å². The van der Waals surface area contributed by atoms with Gasteiger partial charge in [0, 0.05) is 17.2 Å². The zero-order valence-corrected chi connectivity index (χ0v) is 11.3. The largest absolute Gasteiger partial charge is 0.391 e. The fourth-order valence-corrected chi connectivity index (χ4v) is 2.48. The van der Waals surface area contributed by atoms with Gasteiger partial charge in [-0.05, 0) is 25.8 Å². The second kappa shape index (κ2) is 6.00. The summed E-state index contributed by atoms with van der Waals surface area (Å²) in [5.74, 6) is -0.376. The lowest BCUT2D eigenvalue weighted by atomic mass is 9.92. The van der Waals surface area contributed by atoms with E-state index in [2.05, 4.69) is 5.32 Å². The molecule has 20 heavy (non-hydrogen) atoms. The second-order valence-corrected chi connectivity index (χ2v) is 5.19. The Morgan fingerprint density at radius 2 is 2.10 bits per heavy atom. The van der Waals surface area contributed by atoms with Crippen LogP contribution in [0.1, 0.15) is 41.6 Å². The highest BCUT2D eigenvalue weighted by atomic mass is 16.6. The minimum atomic E-state index is -0.534. The van der Waals surface area contributed by atoms with Gasteiger partial charge in [0.1, 0.15) is 0 Å². The highest BCUT2D eigenvalue weighted by Gasteiger charge is 2.25. The SMILES string of the molecule is Cc1ccc(C(=O)NC2CCCCC2O)cc1[N+](=O)[O-]. The van der Waals surface area contributed by atoms with Gasteiger partial charge in [-0.2, -0.15) is 0 Å². The molecule has 1 aromatic carbocycles. The third-order valence-electron chi connectivity index (χ3n) is 3.71. The van der Waals surface area contributed by atoms with E-state index in [-0.39, 0.29) is 23.2 Å². The van der Waals surface area contributed by atoms with Crippen LogP contribution in [-0.2, 0) is 0 Å². The zero-order valence-electron chi connectivity index (χ0n) is 11.3. The number of nitrogens with zero attached hydrogens (tertiary/aromatic N) is 1. The van der Waals surface area contributed by atoms with Gasteiger partial charge >= 0.3 is 0 Å². The van der Waals surface area contributed by atoms with Crippen molar-refractivity contribution in [1.82, 2.24) is 5.32 Å². The van der Waals surface area contributed by atoms with E-state index in [1.54, 1.807) is 19.1 Å².